The molecule has 0 unspecified atom stereocenters. The summed E-state index contributed by atoms with van der Waals surface area (Å²) in [6, 6.07) is 25.0. The van der Waals surface area contributed by atoms with Gasteiger partial charge in [0.1, 0.15) is 17.2 Å². The van der Waals surface area contributed by atoms with Crippen LogP contribution < -0.4 is 18.9 Å². The zero-order valence-corrected chi connectivity index (χ0v) is 16.0. The van der Waals surface area contributed by atoms with Gasteiger partial charge in [-0.05, 0) is 55.0 Å². The van der Waals surface area contributed by atoms with E-state index >= 15 is 0 Å². The summed E-state index contributed by atoms with van der Waals surface area (Å²) in [7, 11) is -3.71. The minimum atomic E-state index is -3.71. The van der Waals surface area contributed by atoms with Crippen LogP contribution in [0.15, 0.2) is 84.9 Å². The van der Waals surface area contributed by atoms with Crippen LogP contribution in [0.4, 0.5) is 5.69 Å². The number of rotatable bonds is 9. The molecule has 0 fully saturated rings. The zero-order valence-electron chi connectivity index (χ0n) is 15.1. The van der Waals surface area contributed by atoms with E-state index in [4.69, 9.17) is 13.8 Å². The Bertz CT molecular complexity index is 824. The first kappa shape index (κ1) is 18.9. The van der Waals surface area contributed by atoms with Crippen LogP contribution in [0.25, 0.3) is 0 Å². The molecule has 6 heteroatoms. The third-order valence-electron chi connectivity index (χ3n) is 3.53. The maximum absolute atomic E-state index is 13.4. The van der Waals surface area contributed by atoms with Gasteiger partial charge < -0.3 is 13.8 Å². The lowest BCUT2D eigenvalue weighted by atomic mass is 10.3. The molecule has 5 nitrogen and oxygen atoms in total. The van der Waals surface area contributed by atoms with Gasteiger partial charge in [0, 0.05) is 5.69 Å². The molecule has 0 aliphatic heterocycles. The van der Waals surface area contributed by atoms with Crippen LogP contribution in [0.2, 0.25) is 0 Å². The third kappa shape index (κ3) is 5.80. The van der Waals surface area contributed by atoms with Gasteiger partial charge >= 0.3 is 7.75 Å². The topological polar surface area (TPSA) is 56.8 Å². The molecule has 0 amide bonds. The summed E-state index contributed by atoms with van der Waals surface area (Å²) in [5.41, 5.74) is 0.606. The maximum Gasteiger partial charge on any atom is 0.541 e. The molecule has 3 aromatic rings. The van der Waals surface area contributed by atoms with Gasteiger partial charge in [0.15, 0.2) is 0 Å². The van der Waals surface area contributed by atoms with Gasteiger partial charge in [0.2, 0.25) is 0 Å². The highest BCUT2D eigenvalue weighted by atomic mass is 31.2. The Kier molecular flexibility index (Phi) is 6.39. The molecule has 0 aromatic heterocycles. The van der Waals surface area contributed by atoms with E-state index in [9.17, 15) is 4.57 Å². The second kappa shape index (κ2) is 9.15. The van der Waals surface area contributed by atoms with E-state index < -0.39 is 7.75 Å². The van der Waals surface area contributed by atoms with Crippen molar-refractivity contribution in [2.24, 2.45) is 0 Å². The number of ether oxygens (including phenoxy) is 1. The Morgan fingerprint density at radius 3 is 1.74 bits per heavy atom. The van der Waals surface area contributed by atoms with Gasteiger partial charge in [0.05, 0.1) is 6.61 Å². The number of benzene rings is 3. The highest BCUT2D eigenvalue weighted by molar-refractivity contribution is 7.56. The standard InChI is InChI=1S/C21H22NO4P/c1-2-17-24-19-15-13-18(14-16-19)22-27(23,25-20-9-5-3-6-10-20)26-21-11-7-4-8-12-21/h3-16H,2,17H2,1H3,(H,22,23). The van der Waals surface area contributed by atoms with Crippen molar-refractivity contribution >= 4 is 13.4 Å². The van der Waals surface area contributed by atoms with Crippen LogP contribution in [-0.2, 0) is 4.57 Å². The summed E-state index contributed by atoms with van der Waals surface area (Å²) in [5.74, 6) is 1.66. The highest BCUT2D eigenvalue weighted by Gasteiger charge is 2.29. The van der Waals surface area contributed by atoms with Crippen LogP contribution in [0, 0.1) is 0 Å². The number of para-hydroxylation sites is 2. The molecule has 0 bridgehead atoms. The monoisotopic (exact) mass is 383 g/mol. The zero-order chi connectivity index (χ0) is 19.0. The van der Waals surface area contributed by atoms with E-state index in [0.717, 1.165) is 12.2 Å². The van der Waals surface area contributed by atoms with Crippen LogP contribution in [0.5, 0.6) is 17.2 Å². The fraction of sp³-hybridized carbons (Fsp3) is 0.143. The predicted octanol–water partition coefficient (Wildman–Crippen LogP) is 6.15. The van der Waals surface area contributed by atoms with E-state index in [2.05, 4.69) is 5.09 Å². The Hall–Kier alpha value is -2.91. The number of hydrogen-bond donors (Lipinski definition) is 1. The van der Waals surface area contributed by atoms with Crippen molar-refractivity contribution in [2.45, 2.75) is 13.3 Å². The number of nitrogens with one attached hydrogen (secondary N) is 1. The SMILES string of the molecule is CCCOc1ccc(NP(=O)(Oc2ccccc2)Oc2ccccc2)cc1. The predicted molar refractivity (Wildman–Crippen MR) is 108 cm³/mol. The minimum Gasteiger partial charge on any atom is -0.494 e. The normalized spacial score (nSPS) is 10.9. The van der Waals surface area contributed by atoms with Crippen molar-refractivity contribution in [3.63, 3.8) is 0 Å². The second-order valence-electron chi connectivity index (χ2n) is 5.79. The quantitative estimate of drug-likeness (QED) is 0.449. The first-order valence-corrected chi connectivity index (χ1v) is 10.3. The second-order valence-corrected chi connectivity index (χ2v) is 7.37. The number of anilines is 1. The van der Waals surface area contributed by atoms with Crippen molar-refractivity contribution in [2.75, 3.05) is 11.7 Å². The molecule has 0 aliphatic rings. The van der Waals surface area contributed by atoms with Gasteiger partial charge in [-0.2, -0.15) is 0 Å². The van der Waals surface area contributed by atoms with Crippen molar-refractivity contribution in [3.05, 3.63) is 84.9 Å². The minimum absolute atomic E-state index is 0.451. The van der Waals surface area contributed by atoms with Crippen molar-refractivity contribution in [1.82, 2.24) is 0 Å². The Morgan fingerprint density at radius 2 is 1.26 bits per heavy atom. The highest BCUT2D eigenvalue weighted by Crippen LogP contribution is 2.48. The molecule has 3 rings (SSSR count). The van der Waals surface area contributed by atoms with E-state index in [0.29, 0.717) is 23.8 Å². The van der Waals surface area contributed by atoms with Crippen LogP contribution in [0.3, 0.4) is 0 Å². The molecule has 0 saturated heterocycles. The Morgan fingerprint density at radius 1 is 0.741 bits per heavy atom. The molecular formula is C21H22NO4P. The smallest absolute Gasteiger partial charge is 0.494 e. The summed E-state index contributed by atoms with van der Waals surface area (Å²) in [6.07, 6.45) is 0.936. The van der Waals surface area contributed by atoms with Gasteiger partial charge in [-0.1, -0.05) is 43.3 Å². The largest absolute Gasteiger partial charge is 0.541 e. The molecule has 0 aliphatic carbocycles. The lowest BCUT2D eigenvalue weighted by Gasteiger charge is -2.21. The van der Waals surface area contributed by atoms with Crippen LogP contribution in [-0.4, -0.2) is 6.61 Å². The molecule has 0 heterocycles. The molecular weight excluding hydrogens is 361 g/mol. The van der Waals surface area contributed by atoms with Gasteiger partial charge in [-0.3, -0.25) is 5.09 Å². The molecule has 0 radical (unpaired) electrons. The van der Waals surface area contributed by atoms with Gasteiger partial charge in [-0.15, -0.1) is 0 Å². The fourth-order valence-electron chi connectivity index (χ4n) is 2.31. The van der Waals surface area contributed by atoms with Gasteiger partial charge in [0.25, 0.3) is 0 Å². The van der Waals surface area contributed by atoms with E-state index in [1.807, 2.05) is 55.5 Å². The average Bonchev–Trinajstić information content (AvgIpc) is 2.69. The Labute approximate surface area is 159 Å². The summed E-state index contributed by atoms with van der Waals surface area (Å²) in [5, 5.41) is 2.89. The summed E-state index contributed by atoms with van der Waals surface area (Å²) in [6.45, 7) is 2.70. The fourth-order valence-corrected chi connectivity index (χ4v) is 3.70. The van der Waals surface area contributed by atoms with Crippen molar-refractivity contribution in [1.29, 1.82) is 0 Å². The summed E-state index contributed by atoms with van der Waals surface area (Å²) >= 11 is 0. The van der Waals surface area contributed by atoms with E-state index in [-0.39, 0.29) is 0 Å². The molecule has 0 spiro atoms. The van der Waals surface area contributed by atoms with Gasteiger partial charge in [-0.25, -0.2) is 4.57 Å². The molecule has 0 saturated carbocycles. The van der Waals surface area contributed by atoms with Crippen molar-refractivity contribution < 1.29 is 18.3 Å². The molecule has 0 atom stereocenters. The third-order valence-corrected chi connectivity index (χ3v) is 4.97. The number of hydrogen-bond acceptors (Lipinski definition) is 4. The van der Waals surface area contributed by atoms with Crippen LogP contribution >= 0.6 is 7.75 Å². The van der Waals surface area contributed by atoms with Crippen molar-refractivity contribution in [3.8, 4) is 17.2 Å². The first-order chi connectivity index (χ1) is 13.2. The molecule has 3 aromatic carbocycles. The maximum atomic E-state index is 13.4. The molecule has 1 N–H and O–H groups in total. The summed E-state index contributed by atoms with van der Waals surface area (Å²) in [4.78, 5) is 0. The van der Waals surface area contributed by atoms with E-state index in [1.54, 1.807) is 36.4 Å². The molecule has 27 heavy (non-hydrogen) atoms. The van der Waals surface area contributed by atoms with Crippen LogP contribution in [0.1, 0.15) is 13.3 Å². The Balaban J connectivity index is 1.79. The molecule has 140 valence electrons. The summed E-state index contributed by atoms with van der Waals surface area (Å²) < 4.78 is 30.4. The average molecular weight is 383 g/mol. The first-order valence-electron chi connectivity index (χ1n) is 8.77. The van der Waals surface area contributed by atoms with E-state index in [1.165, 1.54) is 0 Å². The lowest BCUT2D eigenvalue weighted by molar-refractivity contribution is 0.317. The lowest BCUT2D eigenvalue weighted by Crippen LogP contribution is -2.09.